The molecule has 0 N–H and O–H groups in total. The first-order chi connectivity index (χ1) is 12.2. The minimum Gasteiger partial charge on any atom is -0.195 e. The molecule has 0 amide bonds. The molecule has 0 aromatic carbocycles. The van der Waals surface area contributed by atoms with Crippen LogP contribution in [-0.4, -0.2) is 0 Å². The van der Waals surface area contributed by atoms with E-state index in [0.29, 0.717) is 0 Å². The highest BCUT2D eigenvalue weighted by atomic mass is 19.1. The molecular weight excluding hydrogens is 309 g/mol. The van der Waals surface area contributed by atoms with Crippen LogP contribution < -0.4 is 0 Å². The van der Waals surface area contributed by atoms with Crippen LogP contribution in [0.5, 0.6) is 0 Å². The summed E-state index contributed by atoms with van der Waals surface area (Å²) in [6, 6.07) is 1.49. The summed E-state index contributed by atoms with van der Waals surface area (Å²) in [6.07, 6.45) is 24.5. The molecule has 0 aromatic heterocycles. The van der Waals surface area contributed by atoms with Crippen molar-refractivity contribution in [3.63, 3.8) is 0 Å². The standard InChI is InChI=1S/C23H34FN/c1-2-19-8-10-21(11-9-19)16-17-22-14-12-20(13-15-22)6-4-3-5-7-23(24)18-25/h3,5,7,16-17,19-22H,2,4,6,8-15H2,1H3/b5-3+,17-16+,23-7-/t19-,20-,21-,22-. The molecule has 0 aliphatic heterocycles. The Hall–Kier alpha value is -1.36. The highest BCUT2D eigenvalue weighted by Crippen LogP contribution is 2.35. The van der Waals surface area contributed by atoms with Gasteiger partial charge in [0.25, 0.3) is 0 Å². The third kappa shape index (κ3) is 7.59. The first kappa shape index (κ1) is 20.0. The maximum atomic E-state index is 12.6. The van der Waals surface area contributed by atoms with Crippen LogP contribution in [0.15, 0.2) is 36.2 Å². The van der Waals surface area contributed by atoms with Crippen molar-refractivity contribution in [1.82, 2.24) is 0 Å². The summed E-state index contributed by atoms with van der Waals surface area (Å²) < 4.78 is 12.6. The predicted octanol–water partition coefficient (Wildman–Crippen LogP) is 7.28. The van der Waals surface area contributed by atoms with Crippen molar-refractivity contribution < 1.29 is 4.39 Å². The molecule has 1 nitrogen and oxygen atoms in total. The molecule has 2 saturated carbocycles. The van der Waals surface area contributed by atoms with E-state index in [4.69, 9.17) is 5.26 Å². The van der Waals surface area contributed by atoms with E-state index in [1.807, 2.05) is 6.08 Å². The summed E-state index contributed by atoms with van der Waals surface area (Å²) in [5, 5.41) is 8.34. The molecule has 2 rings (SSSR count). The number of nitriles is 1. The van der Waals surface area contributed by atoms with E-state index in [1.54, 1.807) is 6.08 Å². The number of hydrogen-bond donors (Lipinski definition) is 0. The van der Waals surface area contributed by atoms with Gasteiger partial charge in [-0.15, -0.1) is 0 Å². The van der Waals surface area contributed by atoms with E-state index in [2.05, 4.69) is 19.1 Å². The average Bonchev–Trinajstić information content (AvgIpc) is 2.67. The zero-order valence-corrected chi connectivity index (χ0v) is 15.8. The van der Waals surface area contributed by atoms with E-state index in [1.165, 1.54) is 76.4 Å². The Kier molecular flexibility index (Phi) is 9.02. The fourth-order valence-corrected chi connectivity index (χ4v) is 4.39. The molecule has 2 aliphatic rings. The number of allylic oxidation sites excluding steroid dienone is 6. The minimum absolute atomic E-state index is 0.716. The van der Waals surface area contributed by atoms with Crippen molar-refractivity contribution in [2.24, 2.45) is 23.7 Å². The van der Waals surface area contributed by atoms with Gasteiger partial charge in [0.1, 0.15) is 6.07 Å². The second-order valence-electron chi connectivity index (χ2n) is 7.99. The molecule has 2 fully saturated rings. The third-order valence-corrected chi connectivity index (χ3v) is 6.24. The van der Waals surface area contributed by atoms with Gasteiger partial charge in [-0.05, 0) is 94.0 Å². The van der Waals surface area contributed by atoms with Crippen LogP contribution in [0.4, 0.5) is 4.39 Å². The van der Waals surface area contributed by atoms with Gasteiger partial charge < -0.3 is 0 Å². The van der Waals surface area contributed by atoms with Crippen molar-refractivity contribution in [2.75, 3.05) is 0 Å². The summed E-state index contributed by atoms with van der Waals surface area (Å²) in [5.74, 6) is 2.72. The lowest BCUT2D eigenvalue weighted by Gasteiger charge is -2.28. The Labute approximate surface area is 153 Å². The molecule has 0 aromatic rings. The molecular formula is C23H34FN. The average molecular weight is 344 g/mol. The molecule has 0 unspecified atom stereocenters. The van der Waals surface area contributed by atoms with Crippen LogP contribution in [0, 0.1) is 35.0 Å². The predicted molar refractivity (Wildman–Crippen MR) is 104 cm³/mol. The summed E-state index contributed by atoms with van der Waals surface area (Å²) >= 11 is 0. The van der Waals surface area contributed by atoms with Crippen LogP contribution >= 0.6 is 0 Å². The number of hydrogen-bond acceptors (Lipinski definition) is 1. The lowest BCUT2D eigenvalue weighted by molar-refractivity contribution is 0.290. The first-order valence-corrected chi connectivity index (χ1v) is 10.3. The van der Waals surface area contributed by atoms with Gasteiger partial charge in [0.2, 0.25) is 0 Å². The number of halogens is 1. The van der Waals surface area contributed by atoms with Gasteiger partial charge in [-0.2, -0.15) is 9.65 Å². The fraction of sp³-hybridized carbons (Fsp3) is 0.696. The summed E-state index contributed by atoms with van der Waals surface area (Å²) in [5.41, 5.74) is 0. The van der Waals surface area contributed by atoms with Crippen molar-refractivity contribution >= 4 is 0 Å². The summed E-state index contributed by atoms with van der Waals surface area (Å²) in [7, 11) is 0. The molecule has 0 atom stereocenters. The highest BCUT2D eigenvalue weighted by Gasteiger charge is 2.21. The molecule has 0 spiro atoms. The van der Waals surface area contributed by atoms with E-state index < -0.39 is 5.83 Å². The van der Waals surface area contributed by atoms with Crippen LogP contribution in [0.25, 0.3) is 0 Å². The van der Waals surface area contributed by atoms with Gasteiger partial charge in [-0.25, -0.2) is 0 Å². The Bertz CT molecular complexity index is 495. The highest BCUT2D eigenvalue weighted by molar-refractivity contribution is 5.18. The molecule has 2 heteroatoms. The van der Waals surface area contributed by atoms with Gasteiger partial charge >= 0.3 is 0 Å². The lowest BCUT2D eigenvalue weighted by atomic mass is 9.78. The van der Waals surface area contributed by atoms with Crippen LogP contribution in [0.1, 0.15) is 77.6 Å². The second kappa shape index (κ2) is 11.3. The zero-order valence-electron chi connectivity index (χ0n) is 15.8. The van der Waals surface area contributed by atoms with E-state index in [9.17, 15) is 4.39 Å². The van der Waals surface area contributed by atoms with Crippen LogP contribution in [0.3, 0.4) is 0 Å². The van der Waals surface area contributed by atoms with Crippen molar-refractivity contribution in [2.45, 2.75) is 77.6 Å². The monoisotopic (exact) mass is 343 g/mol. The Morgan fingerprint density at radius 3 is 2.04 bits per heavy atom. The quantitative estimate of drug-likeness (QED) is 0.271. The minimum atomic E-state index is -0.716. The van der Waals surface area contributed by atoms with Crippen molar-refractivity contribution in [1.29, 1.82) is 5.26 Å². The van der Waals surface area contributed by atoms with Gasteiger partial charge in [0, 0.05) is 0 Å². The Balaban J connectivity index is 1.60. The van der Waals surface area contributed by atoms with Gasteiger partial charge in [-0.1, -0.05) is 37.6 Å². The van der Waals surface area contributed by atoms with E-state index >= 15 is 0 Å². The number of nitrogens with zero attached hydrogens (tertiary/aromatic N) is 1. The van der Waals surface area contributed by atoms with Gasteiger partial charge in [-0.3, -0.25) is 0 Å². The van der Waals surface area contributed by atoms with Gasteiger partial charge in [0.05, 0.1) is 0 Å². The maximum absolute atomic E-state index is 12.6. The Morgan fingerprint density at radius 2 is 1.52 bits per heavy atom. The third-order valence-electron chi connectivity index (χ3n) is 6.24. The van der Waals surface area contributed by atoms with Crippen molar-refractivity contribution in [3.05, 3.63) is 36.2 Å². The smallest absolute Gasteiger partial charge is 0.195 e. The van der Waals surface area contributed by atoms with Crippen LogP contribution in [0.2, 0.25) is 0 Å². The second-order valence-corrected chi connectivity index (χ2v) is 7.99. The molecule has 138 valence electrons. The SMILES string of the molecule is CC[C@H]1CC[C@H](/C=C/[C@H]2CC[C@H](CC/C=C/C=C(\F)C#N)CC2)CC1. The molecule has 2 aliphatic carbocycles. The molecule has 25 heavy (non-hydrogen) atoms. The molecule has 0 bridgehead atoms. The molecule has 0 radical (unpaired) electrons. The van der Waals surface area contributed by atoms with Crippen molar-refractivity contribution in [3.8, 4) is 6.07 Å². The number of rotatable bonds is 7. The zero-order chi connectivity index (χ0) is 17.9. The summed E-state index contributed by atoms with van der Waals surface area (Å²) in [6.45, 7) is 2.33. The lowest BCUT2D eigenvalue weighted by Crippen LogP contribution is -2.14. The molecule has 0 heterocycles. The normalized spacial score (nSPS) is 31.5. The topological polar surface area (TPSA) is 23.8 Å². The summed E-state index contributed by atoms with van der Waals surface area (Å²) in [4.78, 5) is 0. The van der Waals surface area contributed by atoms with E-state index in [-0.39, 0.29) is 0 Å². The largest absolute Gasteiger partial charge is 0.199 e. The molecule has 0 saturated heterocycles. The van der Waals surface area contributed by atoms with Gasteiger partial charge in [0.15, 0.2) is 5.83 Å². The fourth-order valence-electron chi connectivity index (χ4n) is 4.39. The first-order valence-electron chi connectivity index (χ1n) is 10.3. The Morgan fingerprint density at radius 1 is 0.960 bits per heavy atom. The van der Waals surface area contributed by atoms with E-state index in [0.717, 1.165) is 30.1 Å². The maximum Gasteiger partial charge on any atom is 0.199 e. The van der Waals surface area contributed by atoms with Crippen LogP contribution in [-0.2, 0) is 0 Å².